The lowest BCUT2D eigenvalue weighted by Crippen LogP contribution is -2.58. The second kappa shape index (κ2) is 12.8. The zero-order valence-corrected chi connectivity index (χ0v) is 20.0. The van der Waals surface area contributed by atoms with Gasteiger partial charge in [-0.2, -0.15) is 0 Å². The van der Waals surface area contributed by atoms with Gasteiger partial charge in [0.2, 0.25) is 17.7 Å². The number of nitrogens with two attached hydrogens (primary N) is 1. The fourth-order valence-electron chi connectivity index (χ4n) is 4.04. The molecule has 6 N–H and O–H groups in total. The SMILES string of the molecule is CC(C)C(NC(=O)C1CCCN1C(=O)C(N)Cc1ccccc1)C(=O)NC(CCC(=O)O)C(=O)O. The standard InChI is InChI=1S/C24H34N4O7/c1-14(2)20(22(32)26-17(24(34)35)10-11-19(29)30)27-21(31)18-9-6-12-28(18)23(33)16(25)13-15-7-4-3-5-8-15/h3-5,7-8,14,16-18,20H,6,9-13,25H2,1-2H3,(H,26,32)(H,27,31)(H,29,30)(H,34,35). The number of likely N-dealkylation sites (tertiary alicyclic amines) is 1. The molecule has 3 amide bonds. The third-order valence-corrected chi connectivity index (χ3v) is 5.96. The van der Waals surface area contributed by atoms with Crippen LogP contribution in [0.15, 0.2) is 30.3 Å². The molecule has 1 aromatic rings. The minimum atomic E-state index is -1.41. The Morgan fingerprint density at radius 1 is 1.09 bits per heavy atom. The zero-order chi connectivity index (χ0) is 26.1. The summed E-state index contributed by atoms with van der Waals surface area (Å²) in [6.07, 6.45) is 0.626. The average molecular weight is 491 g/mol. The van der Waals surface area contributed by atoms with Gasteiger partial charge in [0.05, 0.1) is 6.04 Å². The lowest BCUT2D eigenvalue weighted by molar-refractivity contribution is -0.144. The molecule has 1 aromatic carbocycles. The number of carboxylic acids is 2. The first-order chi connectivity index (χ1) is 16.5. The van der Waals surface area contributed by atoms with Crippen molar-refractivity contribution < 1.29 is 34.2 Å². The summed E-state index contributed by atoms with van der Waals surface area (Å²) in [5.41, 5.74) is 7.04. The fraction of sp³-hybridized carbons (Fsp3) is 0.542. The van der Waals surface area contributed by atoms with Gasteiger partial charge in [-0.15, -0.1) is 0 Å². The maximum absolute atomic E-state index is 13.1. The van der Waals surface area contributed by atoms with Gasteiger partial charge >= 0.3 is 11.9 Å². The predicted octanol–water partition coefficient (Wildman–Crippen LogP) is 0.122. The van der Waals surface area contributed by atoms with Gasteiger partial charge in [0.15, 0.2) is 0 Å². The van der Waals surface area contributed by atoms with E-state index in [1.54, 1.807) is 13.8 Å². The molecule has 1 fully saturated rings. The van der Waals surface area contributed by atoms with Gasteiger partial charge in [0.1, 0.15) is 18.1 Å². The van der Waals surface area contributed by atoms with Crippen molar-refractivity contribution in [1.82, 2.24) is 15.5 Å². The van der Waals surface area contributed by atoms with Crippen LogP contribution in [-0.4, -0.2) is 75.5 Å². The first-order valence-electron chi connectivity index (χ1n) is 11.7. The van der Waals surface area contributed by atoms with E-state index in [0.29, 0.717) is 25.8 Å². The van der Waals surface area contributed by atoms with E-state index in [2.05, 4.69) is 10.6 Å². The second-order valence-corrected chi connectivity index (χ2v) is 9.05. The predicted molar refractivity (Wildman–Crippen MR) is 126 cm³/mol. The topological polar surface area (TPSA) is 179 Å². The van der Waals surface area contributed by atoms with Gasteiger partial charge in [-0.05, 0) is 37.2 Å². The van der Waals surface area contributed by atoms with Crippen LogP contribution in [-0.2, 0) is 30.4 Å². The lowest BCUT2D eigenvalue weighted by Gasteiger charge is -2.29. The molecule has 0 bridgehead atoms. The second-order valence-electron chi connectivity index (χ2n) is 9.05. The van der Waals surface area contributed by atoms with E-state index in [1.807, 2.05) is 30.3 Å². The summed E-state index contributed by atoms with van der Waals surface area (Å²) in [6, 6.07) is 5.23. The number of benzene rings is 1. The molecule has 0 spiro atoms. The summed E-state index contributed by atoms with van der Waals surface area (Å²) in [7, 11) is 0. The van der Waals surface area contributed by atoms with Crippen molar-refractivity contribution in [1.29, 1.82) is 0 Å². The van der Waals surface area contributed by atoms with Crippen LogP contribution in [0.1, 0.15) is 45.1 Å². The van der Waals surface area contributed by atoms with E-state index in [9.17, 15) is 29.1 Å². The molecule has 1 heterocycles. The molecule has 1 aliphatic heterocycles. The molecule has 11 heteroatoms. The smallest absolute Gasteiger partial charge is 0.326 e. The molecular weight excluding hydrogens is 456 g/mol. The molecule has 35 heavy (non-hydrogen) atoms. The Bertz CT molecular complexity index is 922. The quantitative estimate of drug-likeness (QED) is 0.274. The summed E-state index contributed by atoms with van der Waals surface area (Å²) in [6.45, 7) is 3.74. The molecule has 0 radical (unpaired) electrons. The van der Waals surface area contributed by atoms with Crippen molar-refractivity contribution in [2.24, 2.45) is 11.7 Å². The first-order valence-corrected chi connectivity index (χ1v) is 11.7. The van der Waals surface area contributed by atoms with Crippen LogP contribution in [0.5, 0.6) is 0 Å². The molecule has 0 saturated carbocycles. The first kappa shape index (κ1) is 27.8. The van der Waals surface area contributed by atoms with Crippen molar-refractivity contribution in [3.8, 4) is 0 Å². The molecule has 1 aliphatic rings. The fourth-order valence-corrected chi connectivity index (χ4v) is 4.04. The highest BCUT2D eigenvalue weighted by atomic mass is 16.4. The summed E-state index contributed by atoms with van der Waals surface area (Å²) in [5, 5.41) is 23.1. The Balaban J connectivity index is 2.04. The molecule has 1 saturated heterocycles. The number of rotatable bonds is 12. The summed E-state index contributed by atoms with van der Waals surface area (Å²) in [4.78, 5) is 62.5. The van der Waals surface area contributed by atoms with Gasteiger partial charge in [-0.3, -0.25) is 19.2 Å². The van der Waals surface area contributed by atoms with E-state index in [0.717, 1.165) is 5.56 Å². The van der Waals surface area contributed by atoms with E-state index < -0.39 is 60.3 Å². The largest absolute Gasteiger partial charge is 0.481 e. The number of carbonyl (C=O) groups excluding carboxylic acids is 3. The third-order valence-electron chi connectivity index (χ3n) is 5.96. The maximum atomic E-state index is 13.1. The van der Waals surface area contributed by atoms with Gasteiger partial charge in [0, 0.05) is 13.0 Å². The summed E-state index contributed by atoms with van der Waals surface area (Å²) in [5.74, 6) is -4.55. The Morgan fingerprint density at radius 3 is 2.31 bits per heavy atom. The molecule has 192 valence electrons. The lowest BCUT2D eigenvalue weighted by atomic mass is 10.0. The number of aliphatic carboxylic acids is 2. The Labute approximate surface area is 204 Å². The van der Waals surface area contributed by atoms with Gasteiger partial charge in [-0.25, -0.2) is 4.79 Å². The molecular formula is C24H34N4O7. The summed E-state index contributed by atoms with van der Waals surface area (Å²) < 4.78 is 0. The average Bonchev–Trinajstić information content (AvgIpc) is 3.29. The number of hydrogen-bond donors (Lipinski definition) is 5. The van der Waals surface area contributed by atoms with Crippen molar-refractivity contribution in [2.75, 3.05) is 6.54 Å². The highest BCUT2D eigenvalue weighted by molar-refractivity contribution is 5.94. The van der Waals surface area contributed by atoms with E-state index >= 15 is 0 Å². The molecule has 2 rings (SSSR count). The van der Waals surface area contributed by atoms with Crippen LogP contribution < -0.4 is 16.4 Å². The van der Waals surface area contributed by atoms with E-state index in [-0.39, 0.29) is 12.3 Å². The molecule has 0 aromatic heterocycles. The van der Waals surface area contributed by atoms with E-state index in [4.69, 9.17) is 10.8 Å². The third kappa shape index (κ3) is 8.06. The minimum Gasteiger partial charge on any atom is -0.481 e. The highest BCUT2D eigenvalue weighted by Crippen LogP contribution is 2.20. The Morgan fingerprint density at radius 2 is 1.74 bits per heavy atom. The number of nitrogens with one attached hydrogen (secondary N) is 2. The number of carboxylic acid groups (broad SMARTS) is 2. The van der Waals surface area contributed by atoms with Gasteiger partial charge < -0.3 is 31.5 Å². The monoisotopic (exact) mass is 490 g/mol. The highest BCUT2D eigenvalue weighted by Gasteiger charge is 2.38. The molecule has 4 unspecified atom stereocenters. The van der Waals surface area contributed by atoms with Crippen LogP contribution in [0.2, 0.25) is 0 Å². The van der Waals surface area contributed by atoms with E-state index in [1.165, 1.54) is 4.90 Å². The van der Waals surface area contributed by atoms with Crippen molar-refractivity contribution in [2.45, 2.75) is 70.1 Å². The van der Waals surface area contributed by atoms with Crippen molar-refractivity contribution in [3.63, 3.8) is 0 Å². The Hall–Kier alpha value is -3.47. The van der Waals surface area contributed by atoms with Crippen LogP contribution in [0, 0.1) is 5.92 Å². The van der Waals surface area contributed by atoms with Crippen molar-refractivity contribution in [3.05, 3.63) is 35.9 Å². The number of amides is 3. The van der Waals surface area contributed by atoms with Crippen molar-refractivity contribution >= 4 is 29.7 Å². The van der Waals surface area contributed by atoms with Crippen LogP contribution in [0.25, 0.3) is 0 Å². The van der Waals surface area contributed by atoms with Gasteiger partial charge in [-0.1, -0.05) is 44.2 Å². The molecule has 11 nitrogen and oxygen atoms in total. The van der Waals surface area contributed by atoms with Crippen LogP contribution >= 0.6 is 0 Å². The number of carbonyl (C=O) groups is 5. The number of nitrogens with zero attached hydrogens (tertiary/aromatic N) is 1. The normalized spacial score (nSPS) is 17.9. The zero-order valence-electron chi connectivity index (χ0n) is 20.0. The minimum absolute atomic E-state index is 0.292. The Kier molecular flexibility index (Phi) is 10.2. The van der Waals surface area contributed by atoms with Gasteiger partial charge in [0.25, 0.3) is 0 Å². The maximum Gasteiger partial charge on any atom is 0.326 e. The number of hydrogen-bond acceptors (Lipinski definition) is 6. The molecule has 4 atom stereocenters. The van der Waals surface area contributed by atoms with Crippen LogP contribution in [0.4, 0.5) is 0 Å². The summed E-state index contributed by atoms with van der Waals surface area (Å²) >= 11 is 0. The van der Waals surface area contributed by atoms with Crippen LogP contribution in [0.3, 0.4) is 0 Å². The molecule has 0 aliphatic carbocycles.